The summed E-state index contributed by atoms with van der Waals surface area (Å²) in [4.78, 5) is 16.3. The Morgan fingerprint density at radius 2 is 2.00 bits per heavy atom. The lowest BCUT2D eigenvalue weighted by molar-refractivity contribution is -0.123. The highest BCUT2D eigenvalue weighted by atomic mass is 35.5. The molecule has 3 rings (SSSR count). The van der Waals surface area contributed by atoms with Crippen LogP contribution in [0.4, 0.5) is 5.95 Å². The van der Waals surface area contributed by atoms with Gasteiger partial charge in [-0.2, -0.15) is 5.10 Å². The number of imidazole rings is 1. The lowest BCUT2D eigenvalue weighted by Crippen LogP contribution is -2.30. The molecule has 0 saturated carbocycles. The summed E-state index contributed by atoms with van der Waals surface area (Å²) in [6.07, 6.45) is 4.01. The molecule has 0 aliphatic carbocycles. The number of aryl methyl sites for hydroxylation is 1. The number of benzene rings is 2. The Bertz CT molecular complexity index is 1080. The molecule has 1 heterocycles. The lowest BCUT2D eigenvalue weighted by atomic mass is 10.1. The molecule has 0 aliphatic rings. The number of aromatic nitrogens is 2. The number of ether oxygens (including phenoxy) is 2. The Hall–Kier alpha value is -3.52. The number of carbonyl (C=O) groups excluding carboxylic acids is 1. The van der Waals surface area contributed by atoms with Gasteiger partial charge in [-0.15, -0.1) is 0 Å². The first-order valence-corrected chi connectivity index (χ1v) is 10.6. The van der Waals surface area contributed by atoms with Gasteiger partial charge in [-0.25, -0.2) is 9.66 Å². The standard InChI is InChI=1S/C23H26ClN5O3/c1-3-31-20-11-18(13-27-29-14-16(2)28-23(29)25)19(24)12-21(20)32-15-22(30)26-10-9-17-7-5-4-6-8-17/h4-8,11-14H,3,9-10,15H2,1-2H3,(H2,25,28)(H,26,30). The summed E-state index contributed by atoms with van der Waals surface area (Å²) in [5.41, 5.74) is 8.33. The number of nitrogens with zero attached hydrogens (tertiary/aromatic N) is 3. The summed E-state index contributed by atoms with van der Waals surface area (Å²) in [7, 11) is 0. The van der Waals surface area contributed by atoms with Crippen LogP contribution >= 0.6 is 11.6 Å². The fourth-order valence-electron chi connectivity index (χ4n) is 2.94. The third kappa shape index (κ3) is 6.49. The van der Waals surface area contributed by atoms with E-state index in [1.54, 1.807) is 24.5 Å². The maximum atomic E-state index is 12.2. The molecule has 0 fully saturated rings. The van der Waals surface area contributed by atoms with Crippen molar-refractivity contribution < 1.29 is 14.3 Å². The van der Waals surface area contributed by atoms with Crippen molar-refractivity contribution >= 4 is 29.7 Å². The molecule has 8 nitrogen and oxygen atoms in total. The molecular formula is C23H26ClN5O3. The van der Waals surface area contributed by atoms with Crippen molar-refractivity contribution in [3.05, 3.63) is 70.5 Å². The first-order valence-electron chi connectivity index (χ1n) is 10.2. The number of hydrogen-bond donors (Lipinski definition) is 2. The molecule has 9 heteroatoms. The normalized spacial score (nSPS) is 11.0. The first kappa shape index (κ1) is 23.1. The van der Waals surface area contributed by atoms with Crippen LogP contribution in [0.15, 0.2) is 53.8 Å². The van der Waals surface area contributed by atoms with E-state index in [0.29, 0.717) is 35.2 Å². The van der Waals surface area contributed by atoms with Gasteiger partial charge in [-0.3, -0.25) is 4.79 Å². The number of hydrogen-bond acceptors (Lipinski definition) is 6. The lowest BCUT2D eigenvalue weighted by Gasteiger charge is -2.14. The molecule has 0 unspecified atom stereocenters. The van der Waals surface area contributed by atoms with Gasteiger partial charge in [0.25, 0.3) is 5.91 Å². The molecule has 168 valence electrons. The molecule has 0 spiro atoms. The van der Waals surface area contributed by atoms with Crippen molar-refractivity contribution in [1.82, 2.24) is 15.0 Å². The van der Waals surface area contributed by atoms with E-state index in [1.165, 1.54) is 4.68 Å². The van der Waals surface area contributed by atoms with Crippen molar-refractivity contribution in [3.8, 4) is 11.5 Å². The van der Waals surface area contributed by atoms with Crippen LogP contribution in [0.1, 0.15) is 23.7 Å². The molecule has 1 amide bonds. The number of anilines is 1. The van der Waals surface area contributed by atoms with Gasteiger partial charge in [0.2, 0.25) is 5.95 Å². The summed E-state index contributed by atoms with van der Waals surface area (Å²) in [5, 5.41) is 7.52. The fraction of sp³-hybridized carbons (Fsp3) is 0.261. The third-order valence-electron chi connectivity index (χ3n) is 4.46. The van der Waals surface area contributed by atoms with E-state index in [1.807, 2.05) is 44.2 Å². The van der Waals surface area contributed by atoms with Crippen LogP contribution in [0.25, 0.3) is 0 Å². The van der Waals surface area contributed by atoms with Gasteiger partial charge in [0, 0.05) is 18.2 Å². The van der Waals surface area contributed by atoms with Crippen molar-refractivity contribution in [2.45, 2.75) is 20.3 Å². The van der Waals surface area contributed by atoms with Crippen molar-refractivity contribution in [2.24, 2.45) is 5.10 Å². The molecule has 0 bridgehead atoms. The van der Waals surface area contributed by atoms with Crippen molar-refractivity contribution in [1.29, 1.82) is 0 Å². The minimum absolute atomic E-state index is 0.149. The number of nitrogen functional groups attached to an aromatic ring is 1. The van der Waals surface area contributed by atoms with E-state index >= 15 is 0 Å². The van der Waals surface area contributed by atoms with Crippen LogP contribution in [0, 0.1) is 6.92 Å². The number of amides is 1. The summed E-state index contributed by atoms with van der Waals surface area (Å²) in [5.74, 6) is 0.893. The van der Waals surface area contributed by atoms with E-state index in [-0.39, 0.29) is 18.5 Å². The van der Waals surface area contributed by atoms with Gasteiger partial charge in [-0.1, -0.05) is 41.9 Å². The molecule has 2 aromatic carbocycles. The Morgan fingerprint density at radius 3 is 2.69 bits per heavy atom. The van der Waals surface area contributed by atoms with E-state index < -0.39 is 0 Å². The smallest absolute Gasteiger partial charge is 0.257 e. The van der Waals surface area contributed by atoms with E-state index in [9.17, 15) is 4.79 Å². The third-order valence-corrected chi connectivity index (χ3v) is 4.78. The van der Waals surface area contributed by atoms with Gasteiger partial charge in [0.15, 0.2) is 18.1 Å². The molecule has 3 aromatic rings. The Balaban J connectivity index is 1.62. The maximum absolute atomic E-state index is 12.2. The largest absolute Gasteiger partial charge is 0.490 e. The minimum atomic E-state index is -0.226. The molecule has 0 saturated heterocycles. The van der Waals surface area contributed by atoms with E-state index in [4.69, 9.17) is 26.8 Å². The average Bonchev–Trinajstić information content (AvgIpc) is 3.10. The highest BCUT2D eigenvalue weighted by Gasteiger charge is 2.12. The van der Waals surface area contributed by atoms with Gasteiger partial charge >= 0.3 is 0 Å². The maximum Gasteiger partial charge on any atom is 0.257 e. The Labute approximate surface area is 192 Å². The van der Waals surface area contributed by atoms with Crippen LogP contribution in [-0.2, 0) is 11.2 Å². The average molecular weight is 456 g/mol. The summed E-state index contributed by atoms with van der Waals surface area (Å²) < 4.78 is 12.8. The predicted molar refractivity (Wildman–Crippen MR) is 126 cm³/mol. The minimum Gasteiger partial charge on any atom is -0.490 e. The van der Waals surface area contributed by atoms with Crippen LogP contribution in [0.3, 0.4) is 0 Å². The van der Waals surface area contributed by atoms with Gasteiger partial charge in [-0.05, 0) is 31.9 Å². The summed E-state index contributed by atoms with van der Waals surface area (Å²) >= 11 is 6.40. The zero-order chi connectivity index (χ0) is 22.9. The molecule has 1 aromatic heterocycles. The molecule has 0 atom stereocenters. The predicted octanol–water partition coefficient (Wildman–Crippen LogP) is 3.45. The number of carbonyl (C=O) groups is 1. The van der Waals surface area contributed by atoms with Crippen molar-refractivity contribution in [2.75, 3.05) is 25.5 Å². The Kier molecular flexibility index (Phi) is 8.10. The second-order valence-corrected chi connectivity index (χ2v) is 7.36. The van der Waals surface area contributed by atoms with Crippen LogP contribution in [-0.4, -0.2) is 41.5 Å². The van der Waals surface area contributed by atoms with Crippen LogP contribution < -0.4 is 20.5 Å². The van der Waals surface area contributed by atoms with Crippen molar-refractivity contribution in [3.63, 3.8) is 0 Å². The van der Waals surface area contributed by atoms with E-state index in [0.717, 1.165) is 17.7 Å². The van der Waals surface area contributed by atoms with Crippen LogP contribution in [0.5, 0.6) is 11.5 Å². The molecule has 0 aliphatic heterocycles. The van der Waals surface area contributed by atoms with Gasteiger partial charge < -0.3 is 20.5 Å². The second-order valence-electron chi connectivity index (χ2n) is 6.96. The highest BCUT2D eigenvalue weighted by molar-refractivity contribution is 6.33. The topological polar surface area (TPSA) is 104 Å². The number of nitrogens with one attached hydrogen (secondary N) is 1. The monoisotopic (exact) mass is 455 g/mol. The number of halogens is 1. The van der Waals surface area contributed by atoms with Gasteiger partial charge in [0.1, 0.15) is 0 Å². The SMILES string of the molecule is CCOc1cc(C=Nn2cc(C)nc2N)c(Cl)cc1OCC(=O)NCCc1ccccc1. The Morgan fingerprint density at radius 1 is 1.25 bits per heavy atom. The molecular weight excluding hydrogens is 430 g/mol. The number of rotatable bonds is 10. The fourth-order valence-corrected chi connectivity index (χ4v) is 3.14. The number of nitrogens with two attached hydrogens (primary N) is 1. The van der Waals surface area contributed by atoms with Crippen LogP contribution in [0.2, 0.25) is 5.02 Å². The van der Waals surface area contributed by atoms with Gasteiger partial charge in [0.05, 0.1) is 29.7 Å². The second kappa shape index (κ2) is 11.2. The highest BCUT2D eigenvalue weighted by Crippen LogP contribution is 2.33. The summed E-state index contributed by atoms with van der Waals surface area (Å²) in [6, 6.07) is 13.3. The summed E-state index contributed by atoms with van der Waals surface area (Å²) in [6.45, 7) is 4.48. The zero-order valence-corrected chi connectivity index (χ0v) is 18.8. The van der Waals surface area contributed by atoms with E-state index in [2.05, 4.69) is 15.4 Å². The quantitative estimate of drug-likeness (QED) is 0.456. The zero-order valence-electron chi connectivity index (χ0n) is 18.0. The first-order chi connectivity index (χ1) is 15.5. The molecule has 3 N–H and O–H groups in total. The molecule has 32 heavy (non-hydrogen) atoms. The molecule has 0 radical (unpaired) electrons.